The summed E-state index contributed by atoms with van der Waals surface area (Å²) >= 11 is 6.99. The molecule has 0 saturated carbocycles. The molecule has 0 fully saturated rings. The largest absolute Gasteiger partial charge is 0.320 e. The number of anilines is 1. The maximum absolute atomic E-state index is 12.4. The molecule has 0 spiro atoms. The highest BCUT2D eigenvalue weighted by atomic mass is 35.5. The first-order valence-corrected chi connectivity index (χ1v) is 10.2. The van der Waals surface area contributed by atoms with E-state index in [-0.39, 0.29) is 22.2 Å². The van der Waals surface area contributed by atoms with E-state index in [9.17, 15) is 14.9 Å². The van der Waals surface area contributed by atoms with Gasteiger partial charge in [0, 0.05) is 23.2 Å². The van der Waals surface area contributed by atoms with Crippen LogP contribution in [0.3, 0.4) is 0 Å². The second-order valence-corrected chi connectivity index (χ2v) is 7.71. The Morgan fingerprint density at radius 1 is 1.33 bits per heavy atom. The summed E-state index contributed by atoms with van der Waals surface area (Å²) in [6.45, 7) is 6.24. The Kier molecular flexibility index (Phi) is 6.86. The molecule has 0 atom stereocenters. The van der Waals surface area contributed by atoms with E-state index in [4.69, 9.17) is 11.6 Å². The molecule has 0 unspecified atom stereocenters. The summed E-state index contributed by atoms with van der Waals surface area (Å²) in [5.41, 5.74) is 1.83. The smallest absolute Gasteiger partial charge is 0.294 e. The van der Waals surface area contributed by atoms with Crippen molar-refractivity contribution in [3.63, 3.8) is 0 Å². The predicted octanol–water partition coefficient (Wildman–Crippen LogP) is 4.73. The predicted molar refractivity (Wildman–Crippen MR) is 118 cm³/mol. The van der Waals surface area contributed by atoms with Crippen LogP contribution in [0, 0.1) is 17.0 Å². The fourth-order valence-electron chi connectivity index (χ4n) is 2.76. The van der Waals surface area contributed by atoms with Crippen LogP contribution < -0.4 is 5.32 Å². The van der Waals surface area contributed by atoms with Gasteiger partial charge < -0.3 is 5.32 Å². The molecule has 0 aliphatic carbocycles. The Morgan fingerprint density at radius 2 is 2.13 bits per heavy atom. The number of nitrogens with one attached hydrogen (secondary N) is 1. The number of nitrogens with zero attached hydrogens (tertiary/aromatic N) is 4. The van der Waals surface area contributed by atoms with Gasteiger partial charge in [0.05, 0.1) is 10.7 Å². The topological polar surface area (TPSA) is 103 Å². The number of rotatable bonds is 8. The van der Waals surface area contributed by atoms with Crippen LogP contribution in [0.5, 0.6) is 0 Å². The van der Waals surface area contributed by atoms with Crippen molar-refractivity contribution in [3.8, 4) is 11.4 Å². The highest BCUT2D eigenvalue weighted by molar-refractivity contribution is 7.99. The summed E-state index contributed by atoms with van der Waals surface area (Å²) in [5, 5.41) is 23.0. The van der Waals surface area contributed by atoms with Gasteiger partial charge in [-0.3, -0.25) is 19.5 Å². The number of amides is 1. The third-order valence-corrected chi connectivity index (χ3v) is 5.27. The van der Waals surface area contributed by atoms with E-state index in [1.807, 2.05) is 35.8 Å². The summed E-state index contributed by atoms with van der Waals surface area (Å²) in [7, 11) is 0. The number of benzene rings is 2. The number of nitro benzene ring substituents is 1. The lowest BCUT2D eigenvalue weighted by atomic mass is 10.1. The van der Waals surface area contributed by atoms with Crippen LogP contribution in [0.4, 0.5) is 11.4 Å². The van der Waals surface area contributed by atoms with E-state index in [1.54, 1.807) is 6.08 Å². The molecular formula is C20H18ClN5O3S. The second kappa shape index (κ2) is 9.55. The zero-order valence-corrected chi connectivity index (χ0v) is 17.6. The van der Waals surface area contributed by atoms with Crippen LogP contribution >= 0.6 is 23.4 Å². The quantitative estimate of drug-likeness (QED) is 0.233. The minimum Gasteiger partial charge on any atom is -0.320 e. The lowest BCUT2D eigenvalue weighted by Gasteiger charge is -2.09. The molecule has 0 aliphatic rings. The molecule has 0 aliphatic heterocycles. The minimum absolute atomic E-state index is 0.00285. The van der Waals surface area contributed by atoms with E-state index >= 15 is 0 Å². The Labute approximate surface area is 182 Å². The van der Waals surface area contributed by atoms with Crippen molar-refractivity contribution in [3.05, 3.63) is 75.8 Å². The van der Waals surface area contributed by atoms with Gasteiger partial charge in [0.25, 0.3) is 5.69 Å². The number of carbonyl (C=O) groups excluding carboxylic acids is 1. The molecule has 1 aromatic heterocycles. The first-order chi connectivity index (χ1) is 14.4. The SMILES string of the molecule is C=CCn1c(SCC(=O)Nc2ccc(Cl)cc2[N+](=O)[O-])nnc1-c1cccc(C)c1. The molecular weight excluding hydrogens is 426 g/mol. The normalized spacial score (nSPS) is 10.6. The molecule has 8 nitrogen and oxygen atoms in total. The maximum Gasteiger partial charge on any atom is 0.294 e. The van der Waals surface area contributed by atoms with Crippen molar-refractivity contribution in [1.29, 1.82) is 0 Å². The summed E-state index contributed by atoms with van der Waals surface area (Å²) < 4.78 is 1.87. The maximum atomic E-state index is 12.4. The van der Waals surface area contributed by atoms with E-state index in [1.165, 1.54) is 30.0 Å². The molecule has 1 amide bonds. The van der Waals surface area contributed by atoms with Gasteiger partial charge in [0.15, 0.2) is 11.0 Å². The molecule has 0 bridgehead atoms. The molecule has 2 aromatic carbocycles. The molecule has 1 heterocycles. The highest BCUT2D eigenvalue weighted by Gasteiger charge is 2.18. The van der Waals surface area contributed by atoms with Crippen LogP contribution in [0.2, 0.25) is 5.02 Å². The van der Waals surface area contributed by atoms with Gasteiger partial charge in [-0.2, -0.15) is 0 Å². The van der Waals surface area contributed by atoms with Gasteiger partial charge >= 0.3 is 0 Å². The van der Waals surface area contributed by atoms with Crippen LogP contribution in [-0.4, -0.2) is 31.3 Å². The first-order valence-electron chi connectivity index (χ1n) is 8.86. The monoisotopic (exact) mass is 443 g/mol. The Bertz CT molecular complexity index is 1120. The van der Waals surface area contributed by atoms with Crippen LogP contribution in [0.25, 0.3) is 11.4 Å². The van der Waals surface area contributed by atoms with Gasteiger partial charge in [-0.25, -0.2) is 0 Å². The van der Waals surface area contributed by atoms with Crippen LogP contribution in [0.1, 0.15) is 5.56 Å². The van der Waals surface area contributed by atoms with Crippen molar-refractivity contribution < 1.29 is 9.72 Å². The van der Waals surface area contributed by atoms with Crippen molar-refractivity contribution in [2.24, 2.45) is 0 Å². The number of allylic oxidation sites excluding steroid dienone is 1. The summed E-state index contributed by atoms with van der Waals surface area (Å²) in [5.74, 6) is 0.272. The van der Waals surface area contributed by atoms with E-state index < -0.39 is 10.8 Å². The standard InChI is InChI=1S/C20H18ClN5O3S/c1-3-9-25-19(14-6-4-5-13(2)10-14)23-24-20(25)30-12-18(27)22-16-8-7-15(21)11-17(16)26(28)29/h3-8,10-11H,1,9,12H2,2H3,(H,22,27). The number of nitro groups is 1. The second-order valence-electron chi connectivity index (χ2n) is 6.33. The van der Waals surface area contributed by atoms with Crippen molar-refractivity contribution in [2.45, 2.75) is 18.6 Å². The lowest BCUT2D eigenvalue weighted by molar-refractivity contribution is -0.383. The third-order valence-electron chi connectivity index (χ3n) is 4.07. The third kappa shape index (κ3) is 5.05. The molecule has 1 N–H and O–H groups in total. The lowest BCUT2D eigenvalue weighted by Crippen LogP contribution is -2.15. The number of aromatic nitrogens is 3. The van der Waals surface area contributed by atoms with Crippen LogP contribution in [-0.2, 0) is 11.3 Å². The number of hydrogen-bond donors (Lipinski definition) is 1. The highest BCUT2D eigenvalue weighted by Crippen LogP contribution is 2.29. The van der Waals surface area contributed by atoms with Gasteiger partial charge in [-0.05, 0) is 25.1 Å². The number of hydrogen-bond acceptors (Lipinski definition) is 6. The Hall–Kier alpha value is -3.17. The summed E-state index contributed by atoms with van der Waals surface area (Å²) in [6, 6.07) is 12.0. The Morgan fingerprint density at radius 3 is 2.83 bits per heavy atom. The number of carbonyl (C=O) groups is 1. The van der Waals surface area contributed by atoms with Crippen molar-refractivity contribution >= 4 is 40.6 Å². The fraction of sp³-hybridized carbons (Fsp3) is 0.150. The average molecular weight is 444 g/mol. The van der Waals surface area contributed by atoms with Crippen molar-refractivity contribution in [1.82, 2.24) is 14.8 Å². The van der Waals surface area contributed by atoms with Gasteiger partial charge in [-0.1, -0.05) is 53.2 Å². The molecule has 3 rings (SSSR count). The molecule has 0 saturated heterocycles. The first kappa shape index (κ1) is 21.5. The summed E-state index contributed by atoms with van der Waals surface area (Å²) in [4.78, 5) is 22.9. The number of thioether (sulfide) groups is 1. The zero-order valence-electron chi connectivity index (χ0n) is 16.0. The zero-order chi connectivity index (χ0) is 21.7. The molecule has 0 radical (unpaired) electrons. The van der Waals surface area contributed by atoms with E-state index in [0.717, 1.165) is 11.1 Å². The number of aryl methyl sites for hydroxylation is 1. The molecule has 10 heteroatoms. The van der Waals surface area contributed by atoms with Gasteiger partial charge in [-0.15, -0.1) is 16.8 Å². The fourth-order valence-corrected chi connectivity index (χ4v) is 3.68. The van der Waals surface area contributed by atoms with Crippen molar-refractivity contribution in [2.75, 3.05) is 11.1 Å². The summed E-state index contributed by atoms with van der Waals surface area (Å²) in [6.07, 6.45) is 1.73. The Balaban J connectivity index is 1.75. The number of halogens is 1. The minimum atomic E-state index is -0.594. The van der Waals surface area contributed by atoms with E-state index in [2.05, 4.69) is 22.1 Å². The van der Waals surface area contributed by atoms with Crippen LogP contribution in [0.15, 0.2) is 60.3 Å². The van der Waals surface area contributed by atoms with Gasteiger partial charge in [0.2, 0.25) is 5.91 Å². The van der Waals surface area contributed by atoms with E-state index in [0.29, 0.717) is 17.5 Å². The molecule has 30 heavy (non-hydrogen) atoms. The average Bonchev–Trinajstić information content (AvgIpc) is 3.10. The molecule has 3 aromatic rings. The van der Waals surface area contributed by atoms with Gasteiger partial charge in [0.1, 0.15) is 5.69 Å². The molecule has 154 valence electrons.